The molecular weight excluding hydrogens is 415 g/mol. The number of nitrogens with zero attached hydrogens (tertiary/aromatic N) is 3. The second-order valence-electron chi connectivity index (χ2n) is 5.22. The molecule has 7 heteroatoms. The van der Waals surface area contributed by atoms with Gasteiger partial charge in [-0.1, -0.05) is 17.7 Å². The SMILES string of the molecule is CCNC(=NCc1ccc(Cl)nc1)N1CCC(COC)C1.I. The van der Waals surface area contributed by atoms with Gasteiger partial charge in [-0.15, -0.1) is 24.0 Å². The third kappa shape index (κ3) is 5.89. The normalized spacial score (nSPS) is 18.2. The van der Waals surface area contributed by atoms with Gasteiger partial charge in [-0.3, -0.25) is 0 Å². The Morgan fingerprint density at radius 2 is 2.36 bits per heavy atom. The summed E-state index contributed by atoms with van der Waals surface area (Å²) < 4.78 is 5.25. The molecule has 0 radical (unpaired) electrons. The zero-order valence-electron chi connectivity index (χ0n) is 13.1. The van der Waals surface area contributed by atoms with E-state index in [0.717, 1.165) is 44.2 Å². The molecule has 1 fully saturated rings. The third-order valence-corrected chi connectivity index (χ3v) is 3.75. The average molecular weight is 439 g/mol. The zero-order chi connectivity index (χ0) is 15.1. The number of guanidine groups is 1. The summed E-state index contributed by atoms with van der Waals surface area (Å²) in [6.45, 7) is 6.40. The lowest BCUT2D eigenvalue weighted by Gasteiger charge is -2.21. The first-order valence-corrected chi connectivity index (χ1v) is 7.73. The first-order valence-electron chi connectivity index (χ1n) is 7.35. The molecule has 1 saturated heterocycles. The number of likely N-dealkylation sites (tertiary alicyclic amines) is 1. The lowest BCUT2D eigenvalue weighted by Crippen LogP contribution is -2.40. The van der Waals surface area contributed by atoms with Crippen LogP contribution in [0.3, 0.4) is 0 Å². The molecule has 0 bridgehead atoms. The van der Waals surface area contributed by atoms with Crippen LogP contribution in [0.2, 0.25) is 5.15 Å². The molecule has 22 heavy (non-hydrogen) atoms. The molecule has 124 valence electrons. The number of nitrogens with one attached hydrogen (secondary N) is 1. The number of hydrogen-bond acceptors (Lipinski definition) is 3. The molecule has 1 aliphatic rings. The Bertz CT molecular complexity index is 469. The van der Waals surface area contributed by atoms with Crippen molar-refractivity contribution in [2.24, 2.45) is 10.9 Å². The van der Waals surface area contributed by atoms with Gasteiger partial charge in [-0.25, -0.2) is 9.98 Å². The zero-order valence-corrected chi connectivity index (χ0v) is 16.2. The van der Waals surface area contributed by atoms with Crippen molar-refractivity contribution in [3.8, 4) is 0 Å². The largest absolute Gasteiger partial charge is 0.384 e. The van der Waals surface area contributed by atoms with E-state index in [2.05, 4.69) is 22.1 Å². The Morgan fingerprint density at radius 3 is 3.00 bits per heavy atom. The quantitative estimate of drug-likeness (QED) is 0.332. The summed E-state index contributed by atoms with van der Waals surface area (Å²) >= 11 is 5.79. The van der Waals surface area contributed by atoms with Crippen molar-refractivity contribution >= 4 is 41.5 Å². The van der Waals surface area contributed by atoms with E-state index in [1.165, 1.54) is 0 Å². The lowest BCUT2D eigenvalue weighted by molar-refractivity contribution is 0.157. The standard InChI is InChI=1S/C15H23ClN4O.HI/c1-3-17-15(20-7-6-13(10-20)11-21-2)19-9-12-4-5-14(16)18-8-12;/h4-5,8,13H,3,6-7,9-11H2,1-2H3,(H,17,19);1H. The van der Waals surface area contributed by atoms with Crippen molar-refractivity contribution in [3.05, 3.63) is 29.0 Å². The maximum absolute atomic E-state index is 5.79. The van der Waals surface area contributed by atoms with Crippen LogP contribution in [0, 0.1) is 5.92 Å². The van der Waals surface area contributed by atoms with Gasteiger partial charge in [0.1, 0.15) is 5.15 Å². The second-order valence-corrected chi connectivity index (χ2v) is 5.60. The van der Waals surface area contributed by atoms with E-state index in [1.807, 2.05) is 6.07 Å². The van der Waals surface area contributed by atoms with Crippen molar-refractivity contribution in [2.45, 2.75) is 19.9 Å². The first-order chi connectivity index (χ1) is 10.2. The number of pyridine rings is 1. The summed E-state index contributed by atoms with van der Waals surface area (Å²) in [5.41, 5.74) is 1.06. The summed E-state index contributed by atoms with van der Waals surface area (Å²) in [6, 6.07) is 3.75. The van der Waals surface area contributed by atoms with E-state index >= 15 is 0 Å². The van der Waals surface area contributed by atoms with E-state index in [9.17, 15) is 0 Å². The van der Waals surface area contributed by atoms with Crippen LogP contribution in [-0.2, 0) is 11.3 Å². The molecule has 0 saturated carbocycles. The van der Waals surface area contributed by atoms with Gasteiger partial charge >= 0.3 is 0 Å². The van der Waals surface area contributed by atoms with E-state index in [0.29, 0.717) is 17.6 Å². The highest BCUT2D eigenvalue weighted by Gasteiger charge is 2.24. The van der Waals surface area contributed by atoms with Gasteiger partial charge in [0.15, 0.2) is 5.96 Å². The number of halogens is 2. The van der Waals surface area contributed by atoms with Crippen molar-refractivity contribution < 1.29 is 4.74 Å². The van der Waals surface area contributed by atoms with Crippen LogP contribution in [0.5, 0.6) is 0 Å². The molecule has 2 rings (SSSR count). The third-order valence-electron chi connectivity index (χ3n) is 3.52. The molecule has 1 unspecified atom stereocenters. The highest BCUT2D eigenvalue weighted by molar-refractivity contribution is 14.0. The molecule has 5 nitrogen and oxygen atoms in total. The molecule has 0 amide bonds. The summed E-state index contributed by atoms with van der Waals surface area (Å²) in [6.07, 6.45) is 2.92. The Morgan fingerprint density at radius 1 is 1.55 bits per heavy atom. The number of hydrogen-bond donors (Lipinski definition) is 1. The summed E-state index contributed by atoms with van der Waals surface area (Å²) in [5, 5.41) is 3.87. The molecule has 0 spiro atoms. The topological polar surface area (TPSA) is 49.8 Å². The minimum Gasteiger partial charge on any atom is -0.384 e. The minimum atomic E-state index is 0. The van der Waals surface area contributed by atoms with Crippen LogP contribution in [-0.4, -0.2) is 49.2 Å². The summed E-state index contributed by atoms with van der Waals surface area (Å²) in [7, 11) is 1.76. The van der Waals surface area contributed by atoms with Crippen LogP contribution in [0.15, 0.2) is 23.3 Å². The Labute approximate surface area is 154 Å². The molecule has 1 atom stereocenters. The predicted octanol–water partition coefficient (Wildman–Crippen LogP) is 2.79. The number of rotatable bonds is 5. The fraction of sp³-hybridized carbons (Fsp3) is 0.600. The maximum Gasteiger partial charge on any atom is 0.194 e. The van der Waals surface area contributed by atoms with Crippen LogP contribution in [0.25, 0.3) is 0 Å². The van der Waals surface area contributed by atoms with E-state index in [-0.39, 0.29) is 24.0 Å². The first kappa shape index (κ1) is 19.4. The monoisotopic (exact) mass is 438 g/mol. The Hall–Kier alpha value is -0.600. The molecular formula is C15H24ClIN4O. The smallest absolute Gasteiger partial charge is 0.194 e. The summed E-state index contributed by atoms with van der Waals surface area (Å²) in [5.74, 6) is 1.56. The van der Waals surface area contributed by atoms with Gasteiger partial charge in [-0.05, 0) is 25.0 Å². The van der Waals surface area contributed by atoms with Crippen LogP contribution < -0.4 is 5.32 Å². The number of aliphatic imine (C=N–C) groups is 1. The minimum absolute atomic E-state index is 0. The Kier molecular flexibility index (Phi) is 9.04. The van der Waals surface area contributed by atoms with Gasteiger partial charge in [-0.2, -0.15) is 0 Å². The van der Waals surface area contributed by atoms with Crippen LogP contribution >= 0.6 is 35.6 Å². The summed E-state index contributed by atoms with van der Waals surface area (Å²) in [4.78, 5) is 11.1. The number of ether oxygens (including phenoxy) is 1. The van der Waals surface area contributed by atoms with Gasteiger partial charge < -0.3 is 15.0 Å². The molecule has 0 aliphatic carbocycles. The molecule has 1 aromatic rings. The van der Waals surface area contributed by atoms with Gasteiger partial charge in [0.05, 0.1) is 13.2 Å². The predicted molar refractivity (Wildman–Crippen MR) is 101 cm³/mol. The average Bonchev–Trinajstić information content (AvgIpc) is 2.94. The van der Waals surface area contributed by atoms with Crippen molar-refractivity contribution in [2.75, 3.05) is 33.4 Å². The molecule has 0 aromatic carbocycles. The Balaban J connectivity index is 0.00000242. The van der Waals surface area contributed by atoms with Crippen molar-refractivity contribution in [1.82, 2.24) is 15.2 Å². The van der Waals surface area contributed by atoms with Crippen LogP contribution in [0.4, 0.5) is 0 Å². The second kappa shape index (κ2) is 10.2. The van der Waals surface area contributed by atoms with E-state index in [1.54, 1.807) is 19.4 Å². The van der Waals surface area contributed by atoms with Crippen molar-refractivity contribution in [1.29, 1.82) is 0 Å². The molecule has 1 aromatic heterocycles. The fourth-order valence-corrected chi connectivity index (χ4v) is 2.60. The number of aromatic nitrogens is 1. The highest BCUT2D eigenvalue weighted by atomic mass is 127. The van der Waals surface area contributed by atoms with E-state index < -0.39 is 0 Å². The molecule has 1 N–H and O–H groups in total. The lowest BCUT2D eigenvalue weighted by atomic mass is 10.1. The molecule has 1 aliphatic heterocycles. The van der Waals surface area contributed by atoms with Gasteiger partial charge in [0.25, 0.3) is 0 Å². The fourth-order valence-electron chi connectivity index (χ4n) is 2.49. The highest BCUT2D eigenvalue weighted by Crippen LogP contribution is 2.16. The maximum atomic E-state index is 5.79. The number of methoxy groups -OCH3 is 1. The van der Waals surface area contributed by atoms with Crippen molar-refractivity contribution in [3.63, 3.8) is 0 Å². The molecule has 2 heterocycles. The van der Waals surface area contributed by atoms with Gasteiger partial charge in [0.2, 0.25) is 0 Å². The van der Waals surface area contributed by atoms with E-state index in [4.69, 9.17) is 21.3 Å². The van der Waals surface area contributed by atoms with Crippen LogP contribution in [0.1, 0.15) is 18.9 Å². The van der Waals surface area contributed by atoms with Gasteiger partial charge in [0, 0.05) is 38.9 Å².